The number of hydrazine groups is 1. The lowest BCUT2D eigenvalue weighted by Gasteiger charge is -2.19. The molecule has 0 saturated carbocycles. The lowest BCUT2D eigenvalue weighted by molar-refractivity contribution is -0.155. The molecular weight excluding hydrogens is 254 g/mol. The Morgan fingerprint density at radius 3 is 2.26 bits per heavy atom. The SMILES string of the molecule is CCOC(=O)C(=O)NNC(=O)CNCOC(C)(C)C. The van der Waals surface area contributed by atoms with Gasteiger partial charge in [0.2, 0.25) is 0 Å². The first kappa shape index (κ1) is 17.3. The highest BCUT2D eigenvalue weighted by atomic mass is 16.5. The molecular formula is C11H21N3O5. The summed E-state index contributed by atoms with van der Waals surface area (Å²) in [5.41, 5.74) is 3.69. The molecule has 3 N–H and O–H groups in total. The summed E-state index contributed by atoms with van der Waals surface area (Å²) in [6, 6.07) is 0. The highest BCUT2D eigenvalue weighted by Crippen LogP contribution is 2.04. The van der Waals surface area contributed by atoms with Crippen LogP contribution in [0.5, 0.6) is 0 Å². The molecule has 8 heteroatoms. The van der Waals surface area contributed by atoms with Gasteiger partial charge in [-0.2, -0.15) is 0 Å². The number of rotatable bonds is 5. The van der Waals surface area contributed by atoms with Crippen molar-refractivity contribution in [2.75, 3.05) is 19.9 Å². The number of carbonyl (C=O) groups is 3. The molecule has 0 aliphatic carbocycles. The molecule has 110 valence electrons. The number of carbonyl (C=O) groups excluding carboxylic acids is 3. The van der Waals surface area contributed by atoms with E-state index in [1.807, 2.05) is 26.2 Å². The maximum absolute atomic E-state index is 11.3. The molecule has 0 aromatic carbocycles. The van der Waals surface area contributed by atoms with Crippen LogP contribution in [0.15, 0.2) is 0 Å². The van der Waals surface area contributed by atoms with Crippen LogP contribution >= 0.6 is 0 Å². The summed E-state index contributed by atoms with van der Waals surface area (Å²) in [6.07, 6.45) is 0. The largest absolute Gasteiger partial charge is 0.459 e. The maximum atomic E-state index is 11.3. The van der Waals surface area contributed by atoms with Gasteiger partial charge in [-0.05, 0) is 27.7 Å². The lowest BCUT2D eigenvalue weighted by Crippen LogP contribution is -2.48. The van der Waals surface area contributed by atoms with Crippen molar-refractivity contribution in [1.82, 2.24) is 16.2 Å². The monoisotopic (exact) mass is 275 g/mol. The number of hydrogen-bond donors (Lipinski definition) is 3. The summed E-state index contributed by atoms with van der Waals surface area (Å²) < 4.78 is 9.76. The van der Waals surface area contributed by atoms with Crippen molar-refractivity contribution in [2.24, 2.45) is 0 Å². The molecule has 0 unspecified atom stereocenters. The molecule has 0 radical (unpaired) electrons. The Labute approximate surface area is 112 Å². The summed E-state index contributed by atoms with van der Waals surface area (Å²) in [7, 11) is 0. The summed E-state index contributed by atoms with van der Waals surface area (Å²) >= 11 is 0. The standard InChI is InChI=1S/C11H21N3O5/c1-5-18-10(17)9(16)14-13-8(15)6-12-7-19-11(2,3)4/h12H,5-7H2,1-4H3,(H,13,15)(H,14,16). The quantitative estimate of drug-likeness (QED) is 0.197. The molecule has 0 rings (SSSR count). The zero-order valence-corrected chi connectivity index (χ0v) is 11.7. The fourth-order valence-corrected chi connectivity index (χ4v) is 0.850. The Morgan fingerprint density at radius 2 is 1.74 bits per heavy atom. The highest BCUT2D eigenvalue weighted by Gasteiger charge is 2.15. The van der Waals surface area contributed by atoms with Crippen molar-refractivity contribution in [2.45, 2.75) is 33.3 Å². The number of hydrogen-bond acceptors (Lipinski definition) is 6. The summed E-state index contributed by atoms with van der Waals surface area (Å²) in [5, 5.41) is 2.72. The van der Waals surface area contributed by atoms with Crippen molar-refractivity contribution in [1.29, 1.82) is 0 Å². The van der Waals surface area contributed by atoms with E-state index in [0.29, 0.717) is 0 Å². The molecule has 0 aromatic heterocycles. The molecule has 0 aromatic rings. The molecule has 0 atom stereocenters. The van der Waals surface area contributed by atoms with Gasteiger partial charge >= 0.3 is 11.9 Å². The van der Waals surface area contributed by atoms with Crippen LogP contribution in [0.25, 0.3) is 0 Å². The summed E-state index contributed by atoms with van der Waals surface area (Å²) in [5.74, 6) is -2.58. The van der Waals surface area contributed by atoms with Crippen molar-refractivity contribution in [3.63, 3.8) is 0 Å². The first-order valence-corrected chi connectivity index (χ1v) is 5.87. The van der Waals surface area contributed by atoms with Gasteiger partial charge in [0.1, 0.15) is 0 Å². The second-order valence-electron chi connectivity index (χ2n) is 4.55. The van der Waals surface area contributed by atoms with Crippen LogP contribution in [0, 0.1) is 0 Å². The van der Waals surface area contributed by atoms with E-state index < -0.39 is 17.8 Å². The number of esters is 1. The molecule has 0 aliphatic heterocycles. The van der Waals surface area contributed by atoms with E-state index in [0.717, 1.165) is 0 Å². The minimum atomic E-state index is -1.05. The summed E-state index contributed by atoms with van der Waals surface area (Å²) in [6.45, 7) is 7.45. The number of amides is 2. The zero-order chi connectivity index (χ0) is 14.9. The molecule has 0 fully saturated rings. The summed E-state index contributed by atoms with van der Waals surface area (Å²) in [4.78, 5) is 33.2. The Hall–Kier alpha value is -1.67. The third kappa shape index (κ3) is 9.98. The molecule has 2 amide bonds. The Balaban J connectivity index is 3.70. The van der Waals surface area contributed by atoms with Gasteiger partial charge in [0.25, 0.3) is 5.91 Å². The van der Waals surface area contributed by atoms with Gasteiger partial charge in [-0.1, -0.05) is 0 Å². The predicted molar refractivity (Wildman–Crippen MR) is 66.6 cm³/mol. The van der Waals surface area contributed by atoms with Crippen LogP contribution in [0.4, 0.5) is 0 Å². The third-order valence-corrected chi connectivity index (χ3v) is 1.67. The van der Waals surface area contributed by atoms with Gasteiger partial charge in [-0.25, -0.2) is 4.79 Å². The van der Waals surface area contributed by atoms with E-state index in [1.54, 1.807) is 6.92 Å². The minimum Gasteiger partial charge on any atom is -0.459 e. The lowest BCUT2D eigenvalue weighted by atomic mass is 10.2. The van der Waals surface area contributed by atoms with Crippen LogP contribution in [0.2, 0.25) is 0 Å². The predicted octanol–water partition coefficient (Wildman–Crippen LogP) is -0.941. The Morgan fingerprint density at radius 1 is 1.11 bits per heavy atom. The molecule has 0 saturated heterocycles. The van der Waals surface area contributed by atoms with E-state index in [4.69, 9.17) is 4.74 Å². The minimum absolute atomic E-state index is 0.0564. The van der Waals surface area contributed by atoms with Gasteiger partial charge in [0.15, 0.2) is 0 Å². The molecule has 8 nitrogen and oxygen atoms in total. The average Bonchev–Trinajstić information content (AvgIpc) is 2.30. The molecule has 0 aliphatic rings. The Bertz CT molecular complexity index is 325. The smallest absolute Gasteiger partial charge is 0.398 e. The number of ether oxygens (including phenoxy) is 2. The van der Waals surface area contributed by atoms with E-state index in [2.05, 4.69) is 15.5 Å². The molecule has 0 spiro atoms. The number of nitrogens with one attached hydrogen (secondary N) is 3. The normalized spacial score (nSPS) is 10.7. The second-order valence-corrected chi connectivity index (χ2v) is 4.55. The van der Waals surface area contributed by atoms with Crippen molar-refractivity contribution in [3.05, 3.63) is 0 Å². The van der Waals surface area contributed by atoms with Crippen LogP contribution in [-0.4, -0.2) is 43.3 Å². The van der Waals surface area contributed by atoms with Gasteiger partial charge in [-0.3, -0.25) is 25.8 Å². The molecule has 19 heavy (non-hydrogen) atoms. The first-order chi connectivity index (χ1) is 8.76. The van der Waals surface area contributed by atoms with Crippen LogP contribution in [0.3, 0.4) is 0 Å². The van der Waals surface area contributed by atoms with Crippen LogP contribution in [-0.2, 0) is 23.9 Å². The van der Waals surface area contributed by atoms with Gasteiger partial charge in [0.05, 0.1) is 25.5 Å². The zero-order valence-electron chi connectivity index (χ0n) is 11.7. The Kier molecular flexibility index (Phi) is 7.69. The van der Waals surface area contributed by atoms with Gasteiger partial charge in [0, 0.05) is 0 Å². The van der Waals surface area contributed by atoms with E-state index in [-0.39, 0.29) is 25.5 Å². The van der Waals surface area contributed by atoms with Crippen LogP contribution in [0.1, 0.15) is 27.7 Å². The topological polar surface area (TPSA) is 106 Å². The average molecular weight is 275 g/mol. The van der Waals surface area contributed by atoms with Crippen molar-refractivity contribution in [3.8, 4) is 0 Å². The maximum Gasteiger partial charge on any atom is 0.398 e. The van der Waals surface area contributed by atoms with E-state index in [1.165, 1.54) is 0 Å². The van der Waals surface area contributed by atoms with Crippen LogP contribution < -0.4 is 16.2 Å². The third-order valence-electron chi connectivity index (χ3n) is 1.67. The molecule has 0 heterocycles. The van der Waals surface area contributed by atoms with E-state index >= 15 is 0 Å². The van der Waals surface area contributed by atoms with Crippen molar-refractivity contribution >= 4 is 17.8 Å². The van der Waals surface area contributed by atoms with Crippen molar-refractivity contribution < 1.29 is 23.9 Å². The fraction of sp³-hybridized carbons (Fsp3) is 0.727. The van der Waals surface area contributed by atoms with E-state index in [9.17, 15) is 14.4 Å². The first-order valence-electron chi connectivity index (χ1n) is 5.87. The fourth-order valence-electron chi connectivity index (χ4n) is 0.850. The van der Waals surface area contributed by atoms with Gasteiger partial charge in [-0.15, -0.1) is 0 Å². The second kappa shape index (κ2) is 8.44. The highest BCUT2D eigenvalue weighted by molar-refractivity contribution is 6.32. The molecule has 0 bridgehead atoms. The van der Waals surface area contributed by atoms with Gasteiger partial charge < -0.3 is 9.47 Å².